The van der Waals surface area contributed by atoms with E-state index < -0.39 is 26.5 Å². The summed E-state index contributed by atoms with van der Waals surface area (Å²) in [4.78, 5) is 36.0. The molecule has 0 aliphatic rings. The normalized spacial score (nSPS) is 13.0. The summed E-state index contributed by atoms with van der Waals surface area (Å²) < 4.78 is 34.9. The number of rotatable bonds is 84. The number of phosphoric ester groups is 1. The number of allylic oxidation sites excluding steroid dienone is 4. The lowest BCUT2D eigenvalue weighted by Gasteiger charge is -2.24. The molecule has 1 N–H and O–H groups in total. The number of carbonyl (C=O) groups excluding carboxylic acids is 2. The topological polar surface area (TPSA) is 108 Å². The van der Waals surface area contributed by atoms with Gasteiger partial charge in [-0.15, -0.1) is 0 Å². The first-order valence-corrected chi connectivity index (χ1v) is 45.6. The number of hydrogen-bond donors (Lipinski definition) is 1. The van der Waals surface area contributed by atoms with E-state index in [4.69, 9.17) is 18.5 Å². The number of hydrogen-bond acceptors (Lipinski definition) is 7. The molecule has 9 nitrogen and oxygen atoms in total. The summed E-state index contributed by atoms with van der Waals surface area (Å²) in [6, 6.07) is 0. The van der Waals surface area contributed by atoms with Crippen LogP contribution in [0.25, 0.3) is 0 Å². The molecule has 0 aromatic rings. The zero-order valence-electron chi connectivity index (χ0n) is 66.8. The zero-order valence-corrected chi connectivity index (χ0v) is 67.7. The van der Waals surface area contributed by atoms with Gasteiger partial charge in [0.1, 0.15) is 19.8 Å². The molecule has 0 fully saturated rings. The lowest BCUT2D eigenvalue weighted by atomic mass is 10.0. The molecular weight excluding hydrogens is 1230 g/mol. The molecule has 2 unspecified atom stereocenters. The summed E-state index contributed by atoms with van der Waals surface area (Å²) in [5, 5.41) is 0. The van der Waals surface area contributed by atoms with Gasteiger partial charge in [0.05, 0.1) is 27.7 Å². The number of likely N-dealkylation sites (N-methyl/N-ethyl adjacent to an activating group) is 1. The van der Waals surface area contributed by atoms with Crippen molar-refractivity contribution in [3.63, 3.8) is 0 Å². The average molecular weight is 1400 g/mol. The van der Waals surface area contributed by atoms with Gasteiger partial charge < -0.3 is 18.9 Å². The maximum atomic E-state index is 12.9. The van der Waals surface area contributed by atoms with Gasteiger partial charge in [-0.25, -0.2) is 4.57 Å². The molecule has 0 amide bonds. The van der Waals surface area contributed by atoms with E-state index in [0.29, 0.717) is 17.4 Å². The van der Waals surface area contributed by atoms with Gasteiger partial charge in [0.25, 0.3) is 0 Å². The zero-order chi connectivity index (χ0) is 71.1. The highest BCUT2D eigenvalue weighted by Gasteiger charge is 2.27. The lowest BCUT2D eigenvalue weighted by Crippen LogP contribution is -2.37. The lowest BCUT2D eigenvalue weighted by molar-refractivity contribution is -0.870. The Bertz CT molecular complexity index is 1700. The Morgan fingerprint density at radius 1 is 0.316 bits per heavy atom. The van der Waals surface area contributed by atoms with Gasteiger partial charge in [0.15, 0.2) is 6.10 Å². The number of esters is 2. The molecule has 0 aliphatic carbocycles. The Hall–Kier alpha value is -1.51. The number of ether oxygens (including phenoxy) is 2. The van der Waals surface area contributed by atoms with Crippen LogP contribution in [0.1, 0.15) is 476 Å². The Morgan fingerprint density at radius 3 is 0.806 bits per heavy atom. The van der Waals surface area contributed by atoms with E-state index >= 15 is 0 Å². The summed E-state index contributed by atoms with van der Waals surface area (Å²) in [5.74, 6) is -0.766. The third-order valence-corrected chi connectivity index (χ3v) is 21.5. The average Bonchev–Trinajstić information content (AvgIpc) is 1.08. The molecule has 0 radical (unpaired) electrons. The second kappa shape index (κ2) is 79.6. The van der Waals surface area contributed by atoms with E-state index in [0.717, 1.165) is 44.9 Å². The summed E-state index contributed by atoms with van der Waals surface area (Å²) in [5.41, 5.74) is 0. The Labute approximate surface area is 612 Å². The van der Waals surface area contributed by atoms with E-state index in [9.17, 15) is 19.0 Å². The van der Waals surface area contributed by atoms with E-state index in [1.807, 2.05) is 21.1 Å². The SMILES string of the molecule is CCCCCCC/C=C\C/C=C\CCCCCCCCCCCCCCCCCCCCCCCCCC(=O)OC(COC(=O)CCCCCCCCCCCCCCCCCCCCCCCCCCCCCCCCCCCCCCCCC)COP(=O)(O)OCC[N+](C)(C)C. The molecule has 98 heavy (non-hydrogen) atoms. The van der Waals surface area contributed by atoms with Crippen molar-refractivity contribution in [2.24, 2.45) is 0 Å². The van der Waals surface area contributed by atoms with Crippen molar-refractivity contribution in [2.45, 2.75) is 482 Å². The molecule has 2 atom stereocenters. The van der Waals surface area contributed by atoms with Crippen LogP contribution in [0.5, 0.6) is 0 Å². The number of quaternary nitrogens is 1. The molecule has 0 bridgehead atoms. The first-order chi connectivity index (χ1) is 48.0. The van der Waals surface area contributed by atoms with Crippen LogP contribution in [-0.2, 0) is 32.7 Å². The van der Waals surface area contributed by atoms with Gasteiger partial charge in [0.2, 0.25) is 0 Å². The smallest absolute Gasteiger partial charge is 0.462 e. The maximum absolute atomic E-state index is 12.9. The third-order valence-electron chi connectivity index (χ3n) is 20.5. The van der Waals surface area contributed by atoms with Gasteiger partial charge in [0, 0.05) is 12.8 Å². The molecule has 0 spiro atoms. The van der Waals surface area contributed by atoms with Crippen molar-refractivity contribution >= 4 is 19.8 Å². The molecular formula is C88H173NO8P+. The second-order valence-electron chi connectivity index (χ2n) is 31.6. The maximum Gasteiger partial charge on any atom is 0.472 e. The molecule has 0 aromatic heterocycles. The monoisotopic (exact) mass is 1400 g/mol. The summed E-state index contributed by atoms with van der Waals surface area (Å²) in [7, 11) is 1.51. The van der Waals surface area contributed by atoms with Crippen LogP contribution in [0.3, 0.4) is 0 Å². The van der Waals surface area contributed by atoms with E-state index in [1.54, 1.807) is 0 Å². The quantitative estimate of drug-likeness (QED) is 0.0211. The fourth-order valence-corrected chi connectivity index (χ4v) is 14.5. The summed E-state index contributed by atoms with van der Waals surface area (Å²) in [6.07, 6.45) is 104. The molecule has 0 heterocycles. The van der Waals surface area contributed by atoms with Crippen molar-refractivity contribution in [1.82, 2.24) is 0 Å². The fourth-order valence-electron chi connectivity index (χ4n) is 13.8. The van der Waals surface area contributed by atoms with Crippen molar-refractivity contribution in [3.05, 3.63) is 24.3 Å². The van der Waals surface area contributed by atoms with Crippen molar-refractivity contribution in [1.29, 1.82) is 0 Å². The van der Waals surface area contributed by atoms with E-state index in [-0.39, 0.29) is 25.6 Å². The molecule has 0 rings (SSSR count). The highest BCUT2D eigenvalue weighted by Crippen LogP contribution is 2.43. The third kappa shape index (κ3) is 83.4. The predicted molar refractivity (Wildman–Crippen MR) is 428 cm³/mol. The Balaban J connectivity index is 3.84. The van der Waals surface area contributed by atoms with Crippen LogP contribution in [0.4, 0.5) is 0 Å². The van der Waals surface area contributed by atoms with Crippen LogP contribution in [0.2, 0.25) is 0 Å². The van der Waals surface area contributed by atoms with Crippen LogP contribution in [0, 0.1) is 0 Å². The first-order valence-electron chi connectivity index (χ1n) is 44.1. The predicted octanol–water partition coefficient (Wildman–Crippen LogP) is 29.5. The van der Waals surface area contributed by atoms with Gasteiger partial charge in [-0.3, -0.25) is 18.6 Å². The minimum absolute atomic E-state index is 0.0364. The van der Waals surface area contributed by atoms with Crippen LogP contribution in [0.15, 0.2) is 24.3 Å². The van der Waals surface area contributed by atoms with E-state index in [1.165, 1.54) is 405 Å². The van der Waals surface area contributed by atoms with Crippen molar-refractivity contribution < 1.29 is 42.1 Å². The van der Waals surface area contributed by atoms with Crippen LogP contribution >= 0.6 is 7.82 Å². The molecule has 0 saturated heterocycles. The molecule has 0 saturated carbocycles. The molecule has 10 heteroatoms. The molecule has 582 valence electrons. The van der Waals surface area contributed by atoms with Crippen molar-refractivity contribution in [3.8, 4) is 0 Å². The van der Waals surface area contributed by atoms with Crippen LogP contribution in [-0.4, -0.2) is 74.9 Å². The standard InChI is InChI=1S/C88H172NO8P/c1-6-8-10-12-14-16-18-20-22-24-26-28-30-32-34-36-38-40-42-43-44-45-47-48-50-52-54-56-58-60-62-64-66-68-70-72-74-76-78-80-87(90)94-84-86(85-96-98(92,93)95-83-82-89(3,4)5)97-88(91)81-79-77-75-73-71-69-67-65-63-61-59-57-55-53-51-49-46-41-39-37-35-33-31-29-27-25-23-21-19-17-15-13-11-9-7-2/h19,21,25,27,86H,6-18,20,22-24,26,28-85H2,1-5H3/p+1/b21-19-,27-25-. The van der Waals surface area contributed by atoms with Gasteiger partial charge in [-0.05, 0) is 44.9 Å². The van der Waals surface area contributed by atoms with Crippen molar-refractivity contribution in [2.75, 3.05) is 47.5 Å². The summed E-state index contributed by atoms with van der Waals surface area (Å²) in [6.45, 7) is 4.52. The highest BCUT2D eigenvalue weighted by molar-refractivity contribution is 7.47. The number of carbonyl (C=O) groups is 2. The Morgan fingerprint density at radius 2 is 0.551 bits per heavy atom. The number of nitrogens with zero attached hydrogens (tertiary/aromatic N) is 1. The van der Waals surface area contributed by atoms with Gasteiger partial charge >= 0.3 is 19.8 Å². The summed E-state index contributed by atoms with van der Waals surface area (Å²) >= 11 is 0. The van der Waals surface area contributed by atoms with E-state index in [2.05, 4.69) is 38.2 Å². The molecule has 0 aromatic carbocycles. The number of phosphoric acid groups is 1. The highest BCUT2D eigenvalue weighted by atomic mass is 31.2. The molecule has 0 aliphatic heterocycles. The largest absolute Gasteiger partial charge is 0.472 e. The van der Waals surface area contributed by atoms with Gasteiger partial charge in [-0.1, -0.05) is 443 Å². The van der Waals surface area contributed by atoms with Crippen LogP contribution < -0.4 is 0 Å². The number of unbranched alkanes of at least 4 members (excludes halogenated alkanes) is 66. The minimum atomic E-state index is -4.39. The minimum Gasteiger partial charge on any atom is -0.462 e. The second-order valence-corrected chi connectivity index (χ2v) is 33.1. The first kappa shape index (κ1) is 96.5. The fraction of sp³-hybridized carbons (Fsp3) is 0.932. The Kier molecular flexibility index (Phi) is 78.4. The van der Waals surface area contributed by atoms with Gasteiger partial charge in [-0.2, -0.15) is 0 Å².